The van der Waals surface area contributed by atoms with E-state index in [4.69, 9.17) is 5.14 Å². The summed E-state index contributed by atoms with van der Waals surface area (Å²) in [6.07, 6.45) is 4.13. The van der Waals surface area contributed by atoms with Gasteiger partial charge in [-0.3, -0.25) is 0 Å². The van der Waals surface area contributed by atoms with E-state index >= 15 is 0 Å². The molecule has 128 valence electrons. The summed E-state index contributed by atoms with van der Waals surface area (Å²) < 4.78 is 25.7. The Bertz CT molecular complexity index is 1040. The van der Waals surface area contributed by atoms with Crippen LogP contribution >= 0.6 is 15.9 Å². The van der Waals surface area contributed by atoms with Crippen molar-refractivity contribution >= 4 is 45.9 Å². The quantitative estimate of drug-likeness (QED) is 0.641. The van der Waals surface area contributed by atoms with Gasteiger partial charge in [-0.25, -0.2) is 18.2 Å². The van der Waals surface area contributed by atoms with Gasteiger partial charge in [-0.1, -0.05) is 34.6 Å². The molecule has 2 aromatic carbocycles. The zero-order valence-corrected chi connectivity index (χ0v) is 16.9. The Morgan fingerprint density at radius 1 is 1.12 bits per heavy atom. The number of nitrogens with zero attached hydrogens (tertiary/aromatic N) is 2. The van der Waals surface area contributed by atoms with E-state index < -0.39 is 18.4 Å². The first-order valence-electron chi connectivity index (χ1n) is 7.41. The third-order valence-corrected chi connectivity index (χ3v) is 6.27. The van der Waals surface area contributed by atoms with Gasteiger partial charge in [0, 0.05) is 10.0 Å². The minimum Gasteiger partial charge on any atom is -0.233 e. The van der Waals surface area contributed by atoms with E-state index in [1.54, 1.807) is 12.1 Å². The molecule has 0 fully saturated rings. The van der Waals surface area contributed by atoms with Crippen molar-refractivity contribution in [3.05, 3.63) is 59.1 Å². The fourth-order valence-electron chi connectivity index (χ4n) is 2.39. The number of aromatic nitrogens is 2. The highest BCUT2D eigenvalue weighted by Gasteiger charge is 2.14. The van der Waals surface area contributed by atoms with Crippen LogP contribution in [0.25, 0.3) is 16.9 Å². The van der Waals surface area contributed by atoms with Crippen LogP contribution in [0.5, 0.6) is 0 Å². The fraction of sp³-hybridized carbons (Fsp3) is 0.0588. The molecule has 1 aromatic heterocycles. The number of hydrogen-bond acceptors (Lipinski definition) is 3. The summed E-state index contributed by atoms with van der Waals surface area (Å²) in [5.74, 6) is 0. The monoisotopic (exact) mass is 433 g/mol. The van der Waals surface area contributed by atoms with E-state index in [0.29, 0.717) is 0 Å². The summed E-state index contributed by atoms with van der Waals surface area (Å²) in [6.45, 7) is 2.08. The summed E-state index contributed by atoms with van der Waals surface area (Å²) in [6, 6.07) is 16.4. The molecule has 25 heavy (non-hydrogen) atoms. The predicted molar refractivity (Wildman–Crippen MR) is 106 cm³/mol. The number of halogens is 1. The Labute approximate surface area is 156 Å². The summed E-state index contributed by atoms with van der Waals surface area (Å²) in [5.41, 5.74) is 2.71. The topological polar surface area (TPSA) is 78.0 Å². The molecule has 2 N–H and O–H groups in total. The first-order valence-corrected chi connectivity index (χ1v) is 12.0. The molecule has 0 bridgehead atoms. The van der Waals surface area contributed by atoms with E-state index in [0.717, 1.165) is 26.7 Å². The third-order valence-electron chi connectivity index (χ3n) is 3.70. The lowest BCUT2D eigenvalue weighted by Crippen LogP contribution is -2.20. The minimum absolute atomic E-state index is 0.0752. The molecule has 1 heterocycles. The van der Waals surface area contributed by atoms with Crippen LogP contribution in [0, 0.1) is 0 Å². The Morgan fingerprint density at radius 2 is 1.72 bits per heavy atom. The second-order valence-electron chi connectivity index (χ2n) is 5.65. The van der Waals surface area contributed by atoms with Crippen LogP contribution in [0.3, 0.4) is 0 Å². The third kappa shape index (κ3) is 3.87. The summed E-state index contributed by atoms with van der Waals surface area (Å²) >= 11 is 3.44. The van der Waals surface area contributed by atoms with Crippen molar-refractivity contribution in [3.63, 3.8) is 0 Å². The fourth-order valence-corrected chi connectivity index (χ4v) is 3.82. The highest BCUT2D eigenvalue weighted by molar-refractivity contribution is 9.10. The molecule has 0 aliphatic heterocycles. The lowest BCUT2D eigenvalue weighted by Gasteiger charge is -2.08. The molecule has 0 unspecified atom stereocenters. The lowest BCUT2D eigenvalue weighted by atomic mass is 10.1. The highest BCUT2D eigenvalue weighted by Crippen LogP contribution is 2.24. The van der Waals surface area contributed by atoms with E-state index in [1.165, 1.54) is 12.1 Å². The van der Waals surface area contributed by atoms with Crippen LogP contribution in [-0.4, -0.2) is 32.8 Å². The average molecular weight is 434 g/mol. The van der Waals surface area contributed by atoms with Crippen molar-refractivity contribution in [1.29, 1.82) is 0 Å². The van der Waals surface area contributed by atoms with Crippen molar-refractivity contribution in [1.82, 2.24) is 9.78 Å². The molecule has 0 aliphatic carbocycles. The smallest absolute Gasteiger partial charge is 0.233 e. The van der Waals surface area contributed by atoms with Crippen molar-refractivity contribution in [3.8, 4) is 16.9 Å². The minimum atomic E-state index is -3.72. The van der Waals surface area contributed by atoms with Crippen molar-refractivity contribution in [2.24, 2.45) is 5.14 Å². The molecule has 3 aromatic rings. The number of primary sulfonamides is 1. The van der Waals surface area contributed by atoms with Crippen molar-refractivity contribution in [2.75, 3.05) is 0 Å². The van der Waals surface area contributed by atoms with E-state index in [-0.39, 0.29) is 4.90 Å². The van der Waals surface area contributed by atoms with E-state index in [1.807, 2.05) is 35.0 Å². The maximum atomic E-state index is 11.4. The van der Waals surface area contributed by atoms with Gasteiger partial charge in [-0.15, -0.1) is 6.17 Å². The van der Waals surface area contributed by atoms with Gasteiger partial charge >= 0.3 is 0 Å². The van der Waals surface area contributed by atoms with Crippen LogP contribution in [0.4, 0.5) is 0 Å². The van der Waals surface area contributed by atoms with Gasteiger partial charge < -0.3 is 0 Å². The Balaban J connectivity index is 2.14. The summed E-state index contributed by atoms with van der Waals surface area (Å²) in [4.78, 5) is 0.0752. The predicted octanol–water partition coefficient (Wildman–Crippen LogP) is 2.29. The van der Waals surface area contributed by atoms with Crippen LogP contribution in [0.1, 0.15) is 0 Å². The van der Waals surface area contributed by atoms with Gasteiger partial charge in [0.05, 0.1) is 30.0 Å². The van der Waals surface area contributed by atoms with E-state index in [9.17, 15) is 8.42 Å². The van der Waals surface area contributed by atoms with Crippen LogP contribution in [0.15, 0.2) is 64.0 Å². The first-order chi connectivity index (χ1) is 11.8. The van der Waals surface area contributed by atoms with Gasteiger partial charge in [0.15, 0.2) is 0 Å². The zero-order valence-electron chi connectivity index (χ0n) is 13.5. The van der Waals surface area contributed by atoms with Crippen LogP contribution < -0.4 is 10.5 Å². The Hall–Kier alpha value is -1.87. The molecule has 0 radical (unpaired) electrons. The van der Waals surface area contributed by atoms with Crippen LogP contribution in [0.2, 0.25) is 6.55 Å². The van der Waals surface area contributed by atoms with Gasteiger partial charge in [0.25, 0.3) is 0 Å². The summed E-state index contributed by atoms with van der Waals surface area (Å²) in [5, 5.41) is 10.8. The Kier molecular flexibility index (Phi) is 4.87. The molecule has 0 atom stereocenters. The van der Waals surface area contributed by atoms with Crippen molar-refractivity contribution < 1.29 is 8.42 Å². The number of sulfonamides is 1. The summed E-state index contributed by atoms with van der Waals surface area (Å²) in [7, 11) is -4.69. The van der Waals surface area contributed by atoms with Gasteiger partial charge in [-0.05, 0) is 42.5 Å². The SMILES string of the molecule is C=[Si](C)c1cc(-c2ccc(Br)cc2)n(-c2ccc(S(N)(=O)=O)cc2)n1. The molecule has 0 saturated heterocycles. The molecule has 0 amide bonds. The first kappa shape index (κ1) is 17.9. The molecular formula is C17H16BrN3O2SSi. The number of hydrogen-bond donors (Lipinski definition) is 1. The number of benzene rings is 2. The standard InChI is InChI=1S/C17H16BrN3O2SSi/c1-25(2)17-11-16(12-3-5-13(18)6-4-12)21(20-17)14-7-9-15(10-8-14)24(19,22)23/h3-11H,1H2,2H3,(H2,19,22,23). The largest absolute Gasteiger partial charge is 0.238 e. The van der Waals surface area contributed by atoms with Gasteiger partial charge in [-0.2, -0.15) is 5.10 Å². The normalized spacial score (nSPS) is 11.5. The van der Waals surface area contributed by atoms with Crippen LogP contribution in [-0.2, 0) is 10.0 Å². The molecule has 0 aliphatic rings. The highest BCUT2D eigenvalue weighted by atomic mass is 79.9. The number of nitrogens with two attached hydrogens (primary N) is 1. The maximum Gasteiger partial charge on any atom is 0.238 e. The molecule has 3 rings (SSSR count). The second kappa shape index (κ2) is 6.79. The number of rotatable bonds is 4. The van der Waals surface area contributed by atoms with Gasteiger partial charge in [0.1, 0.15) is 0 Å². The molecule has 8 heteroatoms. The maximum absolute atomic E-state index is 11.4. The average Bonchev–Trinajstić information content (AvgIpc) is 3.00. The van der Waals surface area contributed by atoms with Crippen molar-refractivity contribution in [2.45, 2.75) is 11.4 Å². The lowest BCUT2D eigenvalue weighted by molar-refractivity contribution is 0.598. The Morgan fingerprint density at radius 3 is 2.24 bits per heavy atom. The molecular weight excluding hydrogens is 418 g/mol. The molecule has 0 saturated carbocycles. The zero-order chi connectivity index (χ0) is 18.2. The molecule has 0 spiro atoms. The molecule has 5 nitrogen and oxygen atoms in total. The van der Waals surface area contributed by atoms with E-state index in [2.05, 4.69) is 33.8 Å². The second-order valence-corrected chi connectivity index (χ2v) is 10.2. The van der Waals surface area contributed by atoms with Gasteiger partial charge in [0.2, 0.25) is 10.0 Å².